The van der Waals surface area contributed by atoms with E-state index >= 15 is 0 Å². The van der Waals surface area contributed by atoms with E-state index < -0.39 is 0 Å². The second-order valence-electron chi connectivity index (χ2n) is 8.28. The molecule has 3 rings (SSSR count). The van der Waals surface area contributed by atoms with Crippen LogP contribution < -0.4 is 0 Å². The van der Waals surface area contributed by atoms with Gasteiger partial charge in [-0.25, -0.2) is 0 Å². The van der Waals surface area contributed by atoms with Crippen molar-refractivity contribution in [2.45, 2.75) is 96.1 Å². The quantitative estimate of drug-likeness (QED) is 0.492. The largest absolute Gasteiger partial charge is 0.366 e. The number of rotatable bonds is 1. The van der Waals surface area contributed by atoms with E-state index in [1.54, 1.807) is 0 Å². The van der Waals surface area contributed by atoms with Gasteiger partial charge in [0.2, 0.25) is 0 Å². The summed E-state index contributed by atoms with van der Waals surface area (Å²) in [5.74, 6) is 0.578. The van der Waals surface area contributed by atoms with Crippen molar-refractivity contribution in [1.82, 2.24) is 0 Å². The molecule has 0 unspecified atom stereocenters. The van der Waals surface area contributed by atoms with Crippen molar-refractivity contribution in [1.29, 1.82) is 0 Å². The van der Waals surface area contributed by atoms with E-state index in [0.29, 0.717) is 18.1 Å². The van der Waals surface area contributed by atoms with Crippen LogP contribution >= 0.6 is 0 Å². The topological polar surface area (TPSA) is 25.1 Å². The third-order valence-corrected chi connectivity index (χ3v) is 6.19. The molecule has 2 fully saturated rings. The van der Waals surface area contributed by atoms with Crippen LogP contribution in [0.15, 0.2) is 23.8 Å². The van der Waals surface area contributed by atoms with Crippen molar-refractivity contribution in [3.63, 3.8) is 0 Å². The number of ether oxygens (including phenoxy) is 2. The van der Waals surface area contributed by atoms with E-state index in [0.717, 1.165) is 25.7 Å². The average Bonchev–Trinajstić information content (AvgIpc) is 3.28. The summed E-state index contributed by atoms with van der Waals surface area (Å²) in [4.78, 5) is 0. The minimum Gasteiger partial charge on any atom is -0.366 e. The molecule has 0 spiro atoms. The second-order valence-corrected chi connectivity index (χ2v) is 8.28. The maximum Gasteiger partial charge on any atom is 0.0923 e. The fraction of sp³-hybridized carbons (Fsp3) is 0.800. The van der Waals surface area contributed by atoms with E-state index in [4.69, 9.17) is 9.47 Å². The molecule has 2 aliphatic heterocycles. The standard InChI is InChI=1S/C20H32O2/c1-14(2)16-10-12-20(5)17(21-20)9-8-15(3)7-6-11-19(4)18(13-16)22-19/h7,16-18H,1,6,8-13H2,2-5H3/b15-7+/t16-,17+,18+,19-,20+/m1/s1. The lowest BCUT2D eigenvalue weighted by Crippen LogP contribution is -2.17. The van der Waals surface area contributed by atoms with Crippen LogP contribution in [0.4, 0.5) is 0 Å². The first-order valence-electron chi connectivity index (χ1n) is 8.99. The predicted octanol–water partition coefficient (Wildman–Crippen LogP) is 5.18. The molecule has 0 aromatic carbocycles. The Bertz CT molecular complexity index is 480. The van der Waals surface area contributed by atoms with Gasteiger partial charge < -0.3 is 9.47 Å². The van der Waals surface area contributed by atoms with Gasteiger partial charge in [-0.15, -0.1) is 0 Å². The molecular formula is C20H32O2. The first-order chi connectivity index (χ1) is 10.3. The Hall–Kier alpha value is -0.600. The zero-order chi connectivity index (χ0) is 16.0. The fourth-order valence-electron chi connectivity index (χ4n) is 4.03. The number of hydrogen-bond acceptors (Lipinski definition) is 2. The molecule has 0 amide bonds. The van der Waals surface area contributed by atoms with Crippen LogP contribution in [0, 0.1) is 5.92 Å². The first kappa shape index (κ1) is 16.3. The molecule has 2 heteroatoms. The summed E-state index contributed by atoms with van der Waals surface area (Å²) in [7, 11) is 0. The molecule has 2 heterocycles. The monoisotopic (exact) mass is 304 g/mol. The van der Waals surface area contributed by atoms with Crippen molar-refractivity contribution >= 4 is 0 Å². The molecule has 0 bridgehead atoms. The molecule has 0 saturated carbocycles. The van der Waals surface area contributed by atoms with E-state index in [-0.39, 0.29) is 11.2 Å². The maximum atomic E-state index is 6.06. The van der Waals surface area contributed by atoms with Crippen LogP contribution in [0.1, 0.15) is 72.6 Å². The van der Waals surface area contributed by atoms with Crippen LogP contribution in [0.2, 0.25) is 0 Å². The molecule has 2 nitrogen and oxygen atoms in total. The summed E-state index contributed by atoms with van der Waals surface area (Å²) >= 11 is 0. The van der Waals surface area contributed by atoms with Crippen molar-refractivity contribution < 1.29 is 9.47 Å². The number of epoxide rings is 2. The van der Waals surface area contributed by atoms with Gasteiger partial charge in [-0.3, -0.25) is 0 Å². The molecule has 2 saturated heterocycles. The van der Waals surface area contributed by atoms with Crippen LogP contribution in [0.3, 0.4) is 0 Å². The minimum atomic E-state index is 0.108. The van der Waals surface area contributed by atoms with Crippen molar-refractivity contribution in [2.24, 2.45) is 5.92 Å². The molecule has 0 aromatic heterocycles. The van der Waals surface area contributed by atoms with Gasteiger partial charge >= 0.3 is 0 Å². The van der Waals surface area contributed by atoms with Gasteiger partial charge in [0.1, 0.15) is 0 Å². The molecular weight excluding hydrogens is 272 g/mol. The van der Waals surface area contributed by atoms with Gasteiger partial charge in [-0.2, -0.15) is 0 Å². The zero-order valence-corrected chi connectivity index (χ0v) is 14.8. The Labute approximate surface area is 136 Å². The van der Waals surface area contributed by atoms with Crippen LogP contribution in [-0.4, -0.2) is 23.4 Å². The lowest BCUT2D eigenvalue weighted by atomic mass is 9.84. The normalized spacial score (nSPS) is 48.2. The van der Waals surface area contributed by atoms with Gasteiger partial charge in [0.05, 0.1) is 23.4 Å². The highest BCUT2D eigenvalue weighted by Gasteiger charge is 2.53. The molecule has 22 heavy (non-hydrogen) atoms. The van der Waals surface area contributed by atoms with Gasteiger partial charge in [0.25, 0.3) is 0 Å². The summed E-state index contributed by atoms with van der Waals surface area (Å²) in [5, 5.41) is 0. The Kier molecular flexibility index (Phi) is 4.28. The number of hydrogen-bond donors (Lipinski definition) is 0. The van der Waals surface area contributed by atoms with Gasteiger partial charge in [-0.1, -0.05) is 23.8 Å². The second kappa shape index (κ2) is 5.79. The Morgan fingerprint density at radius 3 is 2.55 bits per heavy atom. The van der Waals surface area contributed by atoms with E-state index in [1.807, 2.05) is 0 Å². The summed E-state index contributed by atoms with van der Waals surface area (Å²) in [6, 6.07) is 0. The summed E-state index contributed by atoms with van der Waals surface area (Å²) < 4.78 is 12.1. The smallest absolute Gasteiger partial charge is 0.0923 e. The summed E-state index contributed by atoms with van der Waals surface area (Å²) in [6.45, 7) is 13.2. The van der Waals surface area contributed by atoms with Crippen LogP contribution in [0.5, 0.6) is 0 Å². The maximum absolute atomic E-state index is 6.06. The fourth-order valence-corrected chi connectivity index (χ4v) is 4.03. The highest BCUT2D eigenvalue weighted by molar-refractivity contribution is 5.10. The molecule has 5 atom stereocenters. The molecule has 124 valence electrons. The van der Waals surface area contributed by atoms with Gasteiger partial charge in [0.15, 0.2) is 0 Å². The highest BCUT2D eigenvalue weighted by Crippen LogP contribution is 2.48. The van der Waals surface area contributed by atoms with Crippen molar-refractivity contribution in [2.75, 3.05) is 0 Å². The molecule has 0 aromatic rings. The lowest BCUT2D eigenvalue weighted by molar-refractivity contribution is 0.269. The van der Waals surface area contributed by atoms with E-state index in [9.17, 15) is 0 Å². The van der Waals surface area contributed by atoms with E-state index in [2.05, 4.69) is 40.3 Å². The molecule has 1 aliphatic carbocycles. The predicted molar refractivity (Wildman–Crippen MR) is 90.9 cm³/mol. The molecule has 3 aliphatic rings. The average molecular weight is 304 g/mol. The third-order valence-electron chi connectivity index (χ3n) is 6.19. The minimum absolute atomic E-state index is 0.108. The zero-order valence-electron chi connectivity index (χ0n) is 14.8. The van der Waals surface area contributed by atoms with E-state index in [1.165, 1.54) is 30.4 Å². The molecule has 0 N–H and O–H groups in total. The Morgan fingerprint density at radius 2 is 1.82 bits per heavy atom. The summed E-state index contributed by atoms with van der Waals surface area (Å²) in [6.07, 6.45) is 11.4. The Balaban J connectivity index is 1.69. The van der Waals surface area contributed by atoms with Gasteiger partial charge in [-0.05, 0) is 78.6 Å². The highest BCUT2D eigenvalue weighted by atomic mass is 16.6. The number of allylic oxidation sites excluding steroid dienone is 3. The van der Waals surface area contributed by atoms with Crippen LogP contribution in [0.25, 0.3) is 0 Å². The SMILES string of the molecule is C=C(C)[C@@H]1CC[C@]2(C)O[C@H]2CC/C(C)=C/CC[C@@]2(C)O[C@H]2C1. The number of fused-ring (bicyclic) bond motifs is 2. The lowest BCUT2D eigenvalue weighted by Gasteiger charge is -2.18. The Morgan fingerprint density at radius 1 is 1.14 bits per heavy atom. The van der Waals surface area contributed by atoms with Crippen LogP contribution in [-0.2, 0) is 9.47 Å². The van der Waals surface area contributed by atoms with Crippen molar-refractivity contribution in [3.05, 3.63) is 23.8 Å². The van der Waals surface area contributed by atoms with Crippen molar-refractivity contribution in [3.8, 4) is 0 Å². The van der Waals surface area contributed by atoms with Gasteiger partial charge in [0, 0.05) is 0 Å². The summed E-state index contributed by atoms with van der Waals surface area (Å²) in [5.41, 5.74) is 3.04. The third kappa shape index (κ3) is 3.49. The molecule has 0 radical (unpaired) electrons. The first-order valence-corrected chi connectivity index (χ1v) is 8.99.